The van der Waals surface area contributed by atoms with Crippen LogP contribution in [0.4, 0.5) is 0 Å². The first-order valence-corrected chi connectivity index (χ1v) is 3.75. The number of thioether (sulfide) groups is 1. The van der Waals surface area contributed by atoms with Crippen molar-refractivity contribution in [2.24, 2.45) is 0 Å². The maximum atomic E-state index is 4.66. The van der Waals surface area contributed by atoms with Crippen LogP contribution in [0.5, 0.6) is 0 Å². The predicted molar refractivity (Wildman–Crippen MR) is 42.6 cm³/mol. The molecule has 1 nitrogen and oxygen atoms in total. The van der Waals surface area contributed by atoms with E-state index in [-0.39, 0.29) is 0 Å². The lowest BCUT2D eigenvalue weighted by Gasteiger charge is -1.95. The highest BCUT2D eigenvalue weighted by atomic mass is 32.2. The Bertz CT molecular complexity index is 174. The van der Waals surface area contributed by atoms with Gasteiger partial charge in [-0.25, -0.2) is 0 Å². The fraction of sp³-hybridized carbons (Fsp3) is 0.125. The summed E-state index contributed by atoms with van der Waals surface area (Å²) in [6.07, 6.45) is 0. The zero-order chi connectivity index (χ0) is 7.23. The van der Waals surface area contributed by atoms with Gasteiger partial charge in [0.15, 0.2) is 0 Å². The van der Waals surface area contributed by atoms with E-state index < -0.39 is 0 Å². The van der Waals surface area contributed by atoms with Crippen LogP contribution in [0, 0.1) is 5.94 Å². The Labute approximate surface area is 65.4 Å². The van der Waals surface area contributed by atoms with Crippen LogP contribution in [0.1, 0.15) is 0 Å². The number of hydrogen-bond donors (Lipinski definition) is 0. The largest absolute Gasteiger partial charge is 0.359 e. The summed E-state index contributed by atoms with van der Waals surface area (Å²) in [5.41, 5.74) is 0. The van der Waals surface area contributed by atoms with Crippen LogP contribution in [0.15, 0.2) is 35.2 Å². The lowest BCUT2D eigenvalue weighted by molar-refractivity contribution is 0.315. The van der Waals surface area contributed by atoms with E-state index in [1.807, 2.05) is 30.3 Å². The molecular formula is C8H8OS. The Hall–Kier alpha value is -0.470. The summed E-state index contributed by atoms with van der Waals surface area (Å²) in [6.45, 7) is 0. The molecule has 1 aromatic rings. The standard InChI is InChI=1S/C8H8OS/c1-9-7-10-8-5-3-2-4-6-8/h2-6H,1H3. The molecule has 0 saturated carbocycles. The molecule has 0 aliphatic heterocycles. The summed E-state index contributed by atoms with van der Waals surface area (Å²) in [5.74, 6) is 2.68. The van der Waals surface area contributed by atoms with Crippen LogP contribution < -0.4 is 0 Å². The highest BCUT2D eigenvalue weighted by Gasteiger charge is 1.90. The minimum Gasteiger partial charge on any atom is -0.359 e. The van der Waals surface area contributed by atoms with Gasteiger partial charge in [-0.1, -0.05) is 30.0 Å². The second-order valence-corrected chi connectivity index (χ2v) is 2.54. The molecule has 0 atom stereocenters. The molecular weight excluding hydrogens is 144 g/mol. The van der Waals surface area contributed by atoms with Crippen molar-refractivity contribution in [2.75, 3.05) is 7.11 Å². The molecule has 0 saturated heterocycles. The molecule has 0 aliphatic rings. The SMILES string of the molecule is CO[C]Sc1ccccc1. The normalized spacial score (nSPS) is 9.70. The topological polar surface area (TPSA) is 9.23 Å². The third-order valence-electron chi connectivity index (χ3n) is 0.986. The quantitative estimate of drug-likeness (QED) is 0.615. The number of rotatable bonds is 3. The first kappa shape index (κ1) is 7.63. The Kier molecular flexibility index (Phi) is 3.33. The van der Waals surface area contributed by atoms with Gasteiger partial charge in [-0.3, -0.25) is 0 Å². The van der Waals surface area contributed by atoms with Gasteiger partial charge < -0.3 is 4.74 Å². The molecule has 0 spiro atoms. The second kappa shape index (κ2) is 4.36. The molecule has 2 radical (unpaired) electrons. The first-order valence-electron chi connectivity index (χ1n) is 2.93. The molecule has 0 amide bonds. The Balaban J connectivity index is 2.43. The predicted octanol–water partition coefficient (Wildman–Crippen LogP) is 2.42. The van der Waals surface area contributed by atoms with E-state index >= 15 is 0 Å². The summed E-state index contributed by atoms with van der Waals surface area (Å²) < 4.78 is 4.66. The van der Waals surface area contributed by atoms with Crippen LogP contribution in [0.2, 0.25) is 0 Å². The van der Waals surface area contributed by atoms with Crippen molar-refractivity contribution in [2.45, 2.75) is 4.90 Å². The fourth-order valence-electron chi connectivity index (χ4n) is 0.578. The minimum absolute atomic E-state index is 1.14. The van der Waals surface area contributed by atoms with Crippen LogP contribution in [0.25, 0.3) is 0 Å². The number of methoxy groups -OCH3 is 1. The van der Waals surface area contributed by atoms with Crippen LogP contribution in [0.3, 0.4) is 0 Å². The van der Waals surface area contributed by atoms with Gasteiger partial charge in [-0.15, -0.1) is 0 Å². The highest BCUT2D eigenvalue weighted by molar-refractivity contribution is 8.01. The molecule has 0 N–H and O–H groups in total. The number of benzene rings is 1. The Morgan fingerprint density at radius 1 is 1.30 bits per heavy atom. The molecule has 0 fully saturated rings. The summed E-state index contributed by atoms with van der Waals surface area (Å²) >= 11 is 1.45. The van der Waals surface area contributed by atoms with Gasteiger partial charge in [0, 0.05) is 12.0 Å². The molecule has 52 valence electrons. The second-order valence-electron chi connectivity index (χ2n) is 1.70. The van der Waals surface area contributed by atoms with E-state index in [1.54, 1.807) is 7.11 Å². The molecule has 2 heteroatoms. The van der Waals surface area contributed by atoms with Gasteiger partial charge in [0.25, 0.3) is 0 Å². The van der Waals surface area contributed by atoms with E-state index in [0.29, 0.717) is 0 Å². The van der Waals surface area contributed by atoms with Crippen molar-refractivity contribution in [3.63, 3.8) is 0 Å². The van der Waals surface area contributed by atoms with Gasteiger partial charge in [-0.2, -0.15) is 0 Å². The molecule has 0 aliphatic carbocycles. The fourth-order valence-corrected chi connectivity index (χ4v) is 1.05. The average Bonchev–Trinajstić information content (AvgIpc) is 2.03. The third-order valence-corrected chi connectivity index (χ3v) is 1.74. The third kappa shape index (κ3) is 2.42. The number of hydrogen-bond acceptors (Lipinski definition) is 2. The molecule has 0 heterocycles. The van der Waals surface area contributed by atoms with E-state index in [0.717, 1.165) is 4.90 Å². The van der Waals surface area contributed by atoms with Crippen molar-refractivity contribution in [3.8, 4) is 0 Å². The van der Waals surface area contributed by atoms with Crippen molar-refractivity contribution >= 4 is 11.8 Å². The number of ether oxygens (including phenoxy) is 1. The van der Waals surface area contributed by atoms with Gasteiger partial charge >= 0.3 is 0 Å². The maximum Gasteiger partial charge on any atom is 0.203 e. The van der Waals surface area contributed by atoms with Crippen molar-refractivity contribution in [3.05, 3.63) is 36.3 Å². The summed E-state index contributed by atoms with van der Waals surface area (Å²) in [7, 11) is 1.59. The smallest absolute Gasteiger partial charge is 0.203 e. The van der Waals surface area contributed by atoms with Crippen LogP contribution in [-0.4, -0.2) is 7.11 Å². The molecule has 1 aromatic carbocycles. The first-order chi connectivity index (χ1) is 4.93. The monoisotopic (exact) mass is 152 g/mol. The van der Waals surface area contributed by atoms with Crippen LogP contribution >= 0.6 is 11.8 Å². The van der Waals surface area contributed by atoms with Crippen molar-refractivity contribution in [1.29, 1.82) is 0 Å². The van der Waals surface area contributed by atoms with Crippen molar-refractivity contribution in [1.82, 2.24) is 0 Å². The lowest BCUT2D eigenvalue weighted by atomic mass is 10.4. The molecule has 1 rings (SSSR count). The van der Waals surface area contributed by atoms with Crippen LogP contribution in [-0.2, 0) is 4.74 Å². The minimum atomic E-state index is 1.14. The van der Waals surface area contributed by atoms with E-state index in [1.165, 1.54) is 11.8 Å². The molecule has 0 bridgehead atoms. The highest BCUT2D eigenvalue weighted by Crippen LogP contribution is 2.19. The molecule has 10 heavy (non-hydrogen) atoms. The maximum absolute atomic E-state index is 4.66. The Morgan fingerprint density at radius 2 is 2.00 bits per heavy atom. The van der Waals surface area contributed by atoms with Crippen molar-refractivity contribution < 1.29 is 4.74 Å². The van der Waals surface area contributed by atoms with E-state index in [2.05, 4.69) is 10.7 Å². The average molecular weight is 152 g/mol. The van der Waals surface area contributed by atoms with Gasteiger partial charge in [0.2, 0.25) is 5.94 Å². The summed E-state index contributed by atoms with van der Waals surface area (Å²) in [6, 6.07) is 9.98. The molecule has 0 aromatic heterocycles. The summed E-state index contributed by atoms with van der Waals surface area (Å²) in [4.78, 5) is 1.14. The molecule has 0 unspecified atom stereocenters. The zero-order valence-electron chi connectivity index (χ0n) is 5.70. The van der Waals surface area contributed by atoms with Gasteiger partial charge in [0.05, 0.1) is 0 Å². The van der Waals surface area contributed by atoms with E-state index in [4.69, 9.17) is 0 Å². The van der Waals surface area contributed by atoms with E-state index in [9.17, 15) is 0 Å². The lowest BCUT2D eigenvalue weighted by Crippen LogP contribution is -1.72. The van der Waals surface area contributed by atoms with Gasteiger partial charge in [0.1, 0.15) is 0 Å². The van der Waals surface area contributed by atoms with Gasteiger partial charge in [-0.05, 0) is 12.1 Å². The Morgan fingerprint density at radius 3 is 2.60 bits per heavy atom. The summed E-state index contributed by atoms with van der Waals surface area (Å²) in [5, 5.41) is 0. The zero-order valence-corrected chi connectivity index (χ0v) is 6.52.